The zero-order valence-corrected chi connectivity index (χ0v) is 14.3. The number of anilines is 1. The summed E-state index contributed by atoms with van der Waals surface area (Å²) in [5.74, 6) is 0.576. The summed E-state index contributed by atoms with van der Waals surface area (Å²) in [5.41, 5.74) is 1.75. The van der Waals surface area contributed by atoms with Crippen molar-refractivity contribution in [3.63, 3.8) is 0 Å². The van der Waals surface area contributed by atoms with Gasteiger partial charge in [-0.15, -0.1) is 10.2 Å². The van der Waals surface area contributed by atoms with Gasteiger partial charge >= 0.3 is 0 Å². The summed E-state index contributed by atoms with van der Waals surface area (Å²) in [6.45, 7) is 3.85. The van der Waals surface area contributed by atoms with E-state index in [1.54, 1.807) is 13.4 Å². The minimum atomic E-state index is -0.276. The fourth-order valence-electron chi connectivity index (χ4n) is 2.28. The molecule has 1 fully saturated rings. The Balaban J connectivity index is 1.68. The number of methoxy groups -OCH3 is 1. The summed E-state index contributed by atoms with van der Waals surface area (Å²) >= 11 is 1.43. The fourth-order valence-corrected chi connectivity index (χ4v) is 3.18. The molecule has 0 radical (unpaired) electrons. The summed E-state index contributed by atoms with van der Waals surface area (Å²) < 4.78 is 7.35. The third-order valence-electron chi connectivity index (χ3n) is 3.74. The average molecular weight is 332 g/mol. The van der Waals surface area contributed by atoms with Crippen molar-refractivity contribution < 1.29 is 9.53 Å². The van der Waals surface area contributed by atoms with Gasteiger partial charge in [-0.3, -0.25) is 4.79 Å². The van der Waals surface area contributed by atoms with E-state index in [0.29, 0.717) is 17.5 Å². The highest BCUT2D eigenvalue weighted by Gasteiger charge is 2.28. The van der Waals surface area contributed by atoms with Crippen molar-refractivity contribution in [3.8, 4) is 5.75 Å². The molecule has 1 aromatic carbocycles. The van der Waals surface area contributed by atoms with Crippen LogP contribution in [0.3, 0.4) is 0 Å². The Morgan fingerprint density at radius 3 is 2.96 bits per heavy atom. The molecule has 0 saturated heterocycles. The van der Waals surface area contributed by atoms with Crippen molar-refractivity contribution in [1.29, 1.82) is 0 Å². The SMILES string of the molecule is COc1ccc(C)cc1NC(=O)[C@@H](C)Sc1nncn1C1CC1. The molecule has 6 nitrogen and oxygen atoms in total. The second-order valence-electron chi connectivity index (χ2n) is 5.71. The molecule has 0 aliphatic heterocycles. The lowest BCUT2D eigenvalue weighted by atomic mass is 10.2. The predicted octanol–water partition coefficient (Wildman–Crippen LogP) is 3.05. The van der Waals surface area contributed by atoms with Crippen LogP contribution in [0.25, 0.3) is 0 Å². The summed E-state index contributed by atoms with van der Waals surface area (Å²) in [5, 5.41) is 11.5. The monoisotopic (exact) mass is 332 g/mol. The third-order valence-corrected chi connectivity index (χ3v) is 4.82. The number of carbonyl (C=O) groups excluding carboxylic acids is 1. The smallest absolute Gasteiger partial charge is 0.237 e. The van der Waals surface area contributed by atoms with E-state index in [0.717, 1.165) is 23.6 Å². The lowest BCUT2D eigenvalue weighted by Gasteiger charge is -2.14. The summed E-state index contributed by atoms with van der Waals surface area (Å²) in [4.78, 5) is 12.5. The van der Waals surface area contributed by atoms with Crippen LogP contribution in [-0.4, -0.2) is 33.0 Å². The van der Waals surface area contributed by atoms with Crippen LogP contribution >= 0.6 is 11.8 Å². The Hall–Kier alpha value is -2.02. The number of thioether (sulfide) groups is 1. The van der Waals surface area contributed by atoms with Crippen LogP contribution in [0.15, 0.2) is 29.7 Å². The number of aryl methyl sites for hydroxylation is 1. The maximum atomic E-state index is 12.5. The third kappa shape index (κ3) is 3.67. The summed E-state index contributed by atoms with van der Waals surface area (Å²) in [6.07, 6.45) is 4.06. The molecule has 7 heteroatoms. The van der Waals surface area contributed by atoms with Crippen molar-refractivity contribution in [2.24, 2.45) is 0 Å². The largest absolute Gasteiger partial charge is 0.495 e. The second-order valence-corrected chi connectivity index (χ2v) is 7.01. The molecule has 2 aromatic rings. The topological polar surface area (TPSA) is 69.0 Å². The first-order valence-corrected chi connectivity index (χ1v) is 8.48. The number of carbonyl (C=O) groups is 1. The molecule has 1 aromatic heterocycles. The van der Waals surface area contributed by atoms with Crippen LogP contribution in [0.5, 0.6) is 5.75 Å². The molecular formula is C16H20N4O2S. The van der Waals surface area contributed by atoms with Crippen LogP contribution in [-0.2, 0) is 4.79 Å². The minimum absolute atomic E-state index is 0.0794. The Bertz CT molecular complexity index is 712. The zero-order valence-electron chi connectivity index (χ0n) is 13.4. The van der Waals surface area contributed by atoms with Crippen molar-refractivity contribution >= 4 is 23.4 Å². The molecule has 1 atom stereocenters. The molecule has 0 bridgehead atoms. The minimum Gasteiger partial charge on any atom is -0.495 e. The van der Waals surface area contributed by atoms with Crippen LogP contribution in [0.4, 0.5) is 5.69 Å². The van der Waals surface area contributed by atoms with Crippen LogP contribution < -0.4 is 10.1 Å². The van der Waals surface area contributed by atoms with E-state index in [1.165, 1.54) is 11.8 Å². The molecular weight excluding hydrogens is 312 g/mol. The normalized spacial score (nSPS) is 15.3. The Labute approximate surface area is 139 Å². The van der Waals surface area contributed by atoms with Gasteiger partial charge < -0.3 is 14.6 Å². The van der Waals surface area contributed by atoms with Gasteiger partial charge in [0.25, 0.3) is 0 Å². The highest BCUT2D eigenvalue weighted by molar-refractivity contribution is 8.00. The Kier molecular flexibility index (Phi) is 4.56. The van der Waals surface area contributed by atoms with E-state index in [-0.39, 0.29) is 11.2 Å². The highest BCUT2D eigenvalue weighted by Crippen LogP contribution is 2.38. The molecule has 1 aliphatic rings. The van der Waals surface area contributed by atoms with E-state index in [1.807, 2.05) is 32.0 Å². The predicted molar refractivity (Wildman–Crippen MR) is 90.0 cm³/mol. The van der Waals surface area contributed by atoms with Gasteiger partial charge in [-0.2, -0.15) is 0 Å². The van der Waals surface area contributed by atoms with E-state index in [4.69, 9.17) is 4.74 Å². The number of ether oxygens (including phenoxy) is 1. The number of rotatable bonds is 6. The molecule has 0 unspecified atom stereocenters. The molecule has 3 rings (SSSR count). The first-order valence-electron chi connectivity index (χ1n) is 7.60. The van der Waals surface area contributed by atoms with Gasteiger partial charge in [0.1, 0.15) is 12.1 Å². The molecule has 1 amide bonds. The lowest BCUT2D eigenvalue weighted by Crippen LogP contribution is -2.23. The Morgan fingerprint density at radius 2 is 2.26 bits per heavy atom. The van der Waals surface area contributed by atoms with Gasteiger partial charge in [0, 0.05) is 6.04 Å². The van der Waals surface area contributed by atoms with Crippen molar-refractivity contribution in [1.82, 2.24) is 14.8 Å². The zero-order chi connectivity index (χ0) is 16.4. The maximum Gasteiger partial charge on any atom is 0.237 e. The van der Waals surface area contributed by atoms with E-state index < -0.39 is 0 Å². The number of nitrogens with one attached hydrogen (secondary N) is 1. The van der Waals surface area contributed by atoms with Crippen LogP contribution in [0, 0.1) is 6.92 Å². The van der Waals surface area contributed by atoms with Crippen LogP contribution in [0.2, 0.25) is 0 Å². The standard InChI is InChI=1S/C16H20N4O2S/c1-10-4-7-14(22-3)13(8-10)18-15(21)11(2)23-16-19-17-9-20(16)12-5-6-12/h4,7-9,11-12H,5-6H2,1-3H3,(H,18,21)/t11-/m1/s1. The lowest BCUT2D eigenvalue weighted by molar-refractivity contribution is -0.115. The number of amides is 1. The summed E-state index contributed by atoms with van der Waals surface area (Å²) in [6, 6.07) is 6.21. The highest BCUT2D eigenvalue weighted by atomic mass is 32.2. The van der Waals surface area contributed by atoms with Crippen molar-refractivity contribution in [3.05, 3.63) is 30.1 Å². The van der Waals surface area contributed by atoms with Gasteiger partial charge in [-0.25, -0.2) is 0 Å². The van der Waals surface area contributed by atoms with Gasteiger partial charge in [0.15, 0.2) is 5.16 Å². The summed E-state index contributed by atoms with van der Waals surface area (Å²) in [7, 11) is 1.59. The first kappa shape index (κ1) is 15.9. The molecule has 23 heavy (non-hydrogen) atoms. The van der Waals surface area contributed by atoms with Gasteiger partial charge in [-0.1, -0.05) is 17.8 Å². The molecule has 0 spiro atoms. The molecule has 1 aliphatic carbocycles. The number of hydrogen-bond acceptors (Lipinski definition) is 5. The fraction of sp³-hybridized carbons (Fsp3) is 0.438. The second kappa shape index (κ2) is 6.62. The average Bonchev–Trinajstić information content (AvgIpc) is 3.27. The number of aromatic nitrogens is 3. The molecule has 1 N–H and O–H groups in total. The maximum absolute atomic E-state index is 12.5. The Morgan fingerprint density at radius 1 is 1.48 bits per heavy atom. The number of benzene rings is 1. The van der Waals surface area contributed by atoms with Crippen molar-refractivity contribution in [2.75, 3.05) is 12.4 Å². The van der Waals surface area contributed by atoms with E-state index >= 15 is 0 Å². The quantitative estimate of drug-likeness (QED) is 0.823. The first-order chi connectivity index (χ1) is 11.1. The van der Waals surface area contributed by atoms with E-state index in [2.05, 4.69) is 20.1 Å². The van der Waals surface area contributed by atoms with Gasteiger partial charge in [-0.05, 0) is 44.4 Å². The van der Waals surface area contributed by atoms with Crippen LogP contribution in [0.1, 0.15) is 31.4 Å². The molecule has 1 heterocycles. The molecule has 1 saturated carbocycles. The van der Waals surface area contributed by atoms with Gasteiger partial charge in [0.05, 0.1) is 18.0 Å². The van der Waals surface area contributed by atoms with Crippen molar-refractivity contribution in [2.45, 2.75) is 43.1 Å². The number of nitrogens with zero attached hydrogens (tertiary/aromatic N) is 3. The van der Waals surface area contributed by atoms with Gasteiger partial charge in [0.2, 0.25) is 5.91 Å². The number of hydrogen-bond donors (Lipinski definition) is 1. The van der Waals surface area contributed by atoms with E-state index in [9.17, 15) is 4.79 Å². The molecule has 122 valence electrons.